The molecule has 140 valence electrons. The van der Waals surface area contributed by atoms with Crippen LogP contribution in [0.25, 0.3) is 0 Å². The molecule has 2 aromatic rings. The standard InChI is InChI=1S/C21H30N4O/c1-5-25(6-2)19-9-7-17(8-10-19)24-18-12-14-22-20(15-18)21(26)23-13-11-16(3)4/h7-10,12,14-16H,5-6,11,13H2,1-4H3,(H,22,24)(H,23,26). The first-order valence-corrected chi connectivity index (χ1v) is 9.39. The van der Waals surface area contributed by atoms with E-state index in [4.69, 9.17) is 0 Å². The highest BCUT2D eigenvalue weighted by atomic mass is 16.1. The van der Waals surface area contributed by atoms with E-state index in [1.165, 1.54) is 5.69 Å². The molecule has 0 spiro atoms. The summed E-state index contributed by atoms with van der Waals surface area (Å²) in [5.41, 5.74) is 3.47. The summed E-state index contributed by atoms with van der Waals surface area (Å²) >= 11 is 0. The van der Waals surface area contributed by atoms with E-state index >= 15 is 0 Å². The quantitative estimate of drug-likeness (QED) is 0.699. The Kier molecular flexibility index (Phi) is 7.45. The maximum Gasteiger partial charge on any atom is 0.269 e. The van der Waals surface area contributed by atoms with Gasteiger partial charge in [-0.05, 0) is 62.6 Å². The fraction of sp³-hybridized carbons (Fsp3) is 0.429. The van der Waals surface area contributed by atoms with Gasteiger partial charge >= 0.3 is 0 Å². The van der Waals surface area contributed by atoms with Crippen LogP contribution in [0.1, 0.15) is 44.6 Å². The number of carbonyl (C=O) groups is 1. The van der Waals surface area contributed by atoms with Crippen LogP contribution in [0.5, 0.6) is 0 Å². The van der Waals surface area contributed by atoms with Gasteiger partial charge in [0.25, 0.3) is 5.91 Å². The molecule has 1 amide bonds. The van der Waals surface area contributed by atoms with Crippen molar-refractivity contribution in [2.75, 3.05) is 29.9 Å². The average Bonchev–Trinajstić information content (AvgIpc) is 2.64. The summed E-state index contributed by atoms with van der Waals surface area (Å²) < 4.78 is 0. The molecule has 1 aromatic carbocycles. The number of pyridine rings is 1. The first-order valence-electron chi connectivity index (χ1n) is 9.39. The number of nitrogens with one attached hydrogen (secondary N) is 2. The molecule has 1 aromatic heterocycles. The van der Waals surface area contributed by atoms with E-state index in [9.17, 15) is 4.79 Å². The molecule has 1 heterocycles. The van der Waals surface area contributed by atoms with Gasteiger partial charge in [0.2, 0.25) is 0 Å². The van der Waals surface area contributed by atoms with Gasteiger partial charge in [0.05, 0.1) is 0 Å². The maximum absolute atomic E-state index is 12.2. The molecule has 0 bridgehead atoms. The van der Waals surface area contributed by atoms with Crippen molar-refractivity contribution in [3.8, 4) is 0 Å². The van der Waals surface area contributed by atoms with Crippen LogP contribution in [0.15, 0.2) is 42.6 Å². The normalized spacial score (nSPS) is 10.7. The number of anilines is 3. The van der Waals surface area contributed by atoms with E-state index in [2.05, 4.69) is 72.5 Å². The number of nitrogens with zero attached hydrogens (tertiary/aromatic N) is 2. The fourth-order valence-electron chi connectivity index (χ4n) is 2.71. The summed E-state index contributed by atoms with van der Waals surface area (Å²) in [5.74, 6) is 0.432. The van der Waals surface area contributed by atoms with Gasteiger partial charge in [-0.15, -0.1) is 0 Å². The number of carbonyl (C=O) groups excluding carboxylic acids is 1. The molecule has 0 fully saturated rings. The lowest BCUT2D eigenvalue weighted by Crippen LogP contribution is -2.26. The van der Waals surface area contributed by atoms with Crippen molar-refractivity contribution in [3.63, 3.8) is 0 Å². The van der Waals surface area contributed by atoms with Gasteiger partial charge in [0, 0.05) is 42.9 Å². The van der Waals surface area contributed by atoms with Crippen LogP contribution in [0.3, 0.4) is 0 Å². The van der Waals surface area contributed by atoms with Crippen molar-refractivity contribution in [3.05, 3.63) is 48.3 Å². The number of rotatable bonds is 9. The Morgan fingerprint density at radius 1 is 1.08 bits per heavy atom. The number of hydrogen-bond donors (Lipinski definition) is 2. The monoisotopic (exact) mass is 354 g/mol. The number of benzene rings is 1. The van der Waals surface area contributed by atoms with Crippen molar-refractivity contribution >= 4 is 23.0 Å². The SMILES string of the molecule is CCN(CC)c1ccc(Nc2ccnc(C(=O)NCCC(C)C)c2)cc1. The topological polar surface area (TPSA) is 57.3 Å². The van der Waals surface area contributed by atoms with Gasteiger partial charge in [-0.3, -0.25) is 9.78 Å². The summed E-state index contributed by atoms with van der Waals surface area (Å²) in [4.78, 5) is 18.7. The Morgan fingerprint density at radius 2 is 1.77 bits per heavy atom. The van der Waals surface area contributed by atoms with Gasteiger partial charge in [0.15, 0.2) is 0 Å². The minimum absolute atomic E-state index is 0.133. The largest absolute Gasteiger partial charge is 0.372 e. The van der Waals surface area contributed by atoms with Crippen LogP contribution < -0.4 is 15.5 Å². The zero-order valence-corrected chi connectivity index (χ0v) is 16.2. The van der Waals surface area contributed by atoms with E-state index in [-0.39, 0.29) is 5.91 Å². The predicted octanol–water partition coefficient (Wildman–Crippen LogP) is 4.45. The Morgan fingerprint density at radius 3 is 2.38 bits per heavy atom. The van der Waals surface area contributed by atoms with Gasteiger partial charge in [-0.2, -0.15) is 0 Å². The second kappa shape index (κ2) is 9.80. The molecule has 0 aliphatic heterocycles. The van der Waals surface area contributed by atoms with Crippen molar-refractivity contribution < 1.29 is 4.79 Å². The average molecular weight is 354 g/mol. The van der Waals surface area contributed by atoms with Crippen LogP contribution in [0.2, 0.25) is 0 Å². The molecule has 0 saturated heterocycles. The van der Waals surface area contributed by atoms with E-state index in [1.54, 1.807) is 12.3 Å². The third kappa shape index (κ3) is 5.76. The molecule has 2 N–H and O–H groups in total. The molecule has 2 rings (SSSR count). The van der Waals surface area contributed by atoms with Gasteiger partial charge in [-0.25, -0.2) is 0 Å². The van der Waals surface area contributed by atoms with Gasteiger partial charge in [-0.1, -0.05) is 13.8 Å². The van der Waals surface area contributed by atoms with E-state index in [0.29, 0.717) is 18.2 Å². The third-order valence-corrected chi connectivity index (χ3v) is 4.28. The summed E-state index contributed by atoms with van der Waals surface area (Å²) in [6.45, 7) is 11.2. The van der Waals surface area contributed by atoms with Crippen molar-refractivity contribution in [1.82, 2.24) is 10.3 Å². The third-order valence-electron chi connectivity index (χ3n) is 4.28. The summed E-state index contributed by atoms with van der Waals surface area (Å²) in [7, 11) is 0. The van der Waals surface area contributed by atoms with Crippen LogP contribution in [0.4, 0.5) is 17.1 Å². The molecule has 5 nitrogen and oxygen atoms in total. The summed E-state index contributed by atoms with van der Waals surface area (Å²) in [6.07, 6.45) is 2.62. The smallest absolute Gasteiger partial charge is 0.269 e. The van der Waals surface area contributed by atoms with Crippen LogP contribution >= 0.6 is 0 Å². The van der Waals surface area contributed by atoms with Crippen LogP contribution in [-0.2, 0) is 0 Å². The molecule has 0 atom stereocenters. The molecule has 26 heavy (non-hydrogen) atoms. The zero-order valence-electron chi connectivity index (χ0n) is 16.2. The van der Waals surface area contributed by atoms with Crippen molar-refractivity contribution in [2.45, 2.75) is 34.1 Å². The van der Waals surface area contributed by atoms with Crippen LogP contribution in [0, 0.1) is 5.92 Å². The fourth-order valence-corrected chi connectivity index (χ4v) is 2.71. The Balaban J connectivity index is 2.00. The molecule has 0 radical (unpaired) electrons. The molecular formula is C21H30N4O. The highest BCUT2D eigenvalue weighted by Crippen LogP contribution is 2.21. The van der Waals surface area contributed by atoms with Gasteiger partial charge in [0.1, 0.15) is 5.69 Å². The minimum Gasteiger partial charge on any atom is -0.372 e. The van der Waals surface area contributed by atoms with E-state index in [1.807, 2.05) is 6.07 Å². The van der Waals surface area contributed by atoms with Crippen molar-refractivity contribution in [2.24, 2.45) is 5.92 Å². The summed E-state index contributed by atoms with van der Waals surface area (Å²) in [6, 6.07) is 12.0. The number of hydrogen-bond acceptors (Lipinski definition) is 4. The predicted molar refractivity (Wildman–Crippen MR) is 109 cm³/mol. The van der Waals surface area contributed by atoms with Gasteiger partial charge < -0.3 is 15.5 Å². The Bertz CT molecular complexity index is 693. The highest BCUT2D eigenvalue weighted by molar-refractivity contribution is 5.93. The molecule has 0 aliphatic carbocycles. The molecule has 0 aliphatic rings. The summed E-state index contributed by atoms with van der Waals surface area (Å²) in [5, 5.41) is 6.26. The van der Waals surface area contributed by atoms with E-state index in [0.717, 1.165) is 30.9 Å². The lowest BCUT2D eigenvalue weighted by molar-refractivity contribution is 0.0947. The number of aromatic nitrogens is 1. The lowest BCUT2D eigenvalue weighted by atomic mass is 10.1. The second-order valence-corrected chi connectivity index (χ2v) is 6.71. The minimum atomic E-state index is -0.133. The Hall–Kier alpha value is -2.56. The first kappa shape index (κ1) is 19.8. The first-order chi connectivity index (χ1) is 12.5. The zero-order chi connectivity index (χ0) is 18.9. The number of amides is 1. The molecule has 0 saturated carbocycles. The Labute approximate surface area is 156 Å². The molecular weight excluding hydrogens is 324 g/mol. The highest BCUT2D eigenvalue weighted by Gasteiger charge is 2.08. The van der Waals surface area contributed by atoms with Crippen LogP contribution in [-0.4, -0.2) is 30.5 Å². The van der Waals surface area contributed by atoms with Crippen molar-refractivity contribution in [1.29, 1.82) is 0 Å². The second-order valence-electron chi connectivity index (χ2n) is 6.71. The molecule has 0 unspecified atom stereocenters. The van der Waals surface area contributed by atoms with E-state index < -0.39 is 0 Å². The molecule has 5 heteroatoms. The maximum atomic E-state index is 12.2. The lowest BCUT2D eigenvalue weighted by Gasteiger charge is -2.21.